The van der Waals surface area contributed by atoms with Crippen LogP contribution in [-0.4, -0.2) is 54.5 Å². The van der Waals surface area contributed by atoms with Gasteiger partial charge in [0.15, 0.2) is 11.8 Å². The number of hydrogen-bond donors (Lipinski definition) is 1. The maximum atomic E-state index is 12.2. The average molecular weight is 429 g/mol. The summed E-state index contributed by atoms with van der Waals surface area (Å²) in [4.78, 5) is 27.9. The number of aromatic hydroxyl groups is 1. The fraction of sp³-hybridized carbons (Fsp3) is 0.450. The highest BCUT2D eigenvalue weighted by Gasteiger charge is 2.28. The molecule has 3 aromatic heterocycles. The number of pyridine rings is 1. The molecule has 1 aliphatic heterocycles. The van der Waals surface area contributed by atoms with E-state index < -0.39 is 22.1 Å². The number of ether oxygens (including phenoxy) is 1. The summed E-state index contributed by atoms with van der Waals surface area (Å²) in [5.41, 5.74) is 0.852. The Balaban J connectivity index is 1.49. The highest BCUT2D eigenvalue weighted by molar-refractivity contribution is 5.97. The van der Waals surface area contributed by atoms with Crippen molar-refractivity contribution in [3.63, 3.8) is 0 Å². The zero-order valence-electron chi connectivity index (χ0n) is 17.4. The lowest BCUT2D eigenvalue weighted by Crippen LogP contribution is -2.42. The van der Waals surface area contributed by atoms with E-state index in [0.717, 1.165) is 18.4 Å². The maximum Gasteiger partial charge on any atom is 0.410 e. The third-order valence-corrected chi connectivity index (χ3v) is 5.15. The van der Waals surface area contributed by atoms with Gasteiger partial charge in [-0.15, -0.1) is 0 Å². The van der Waals surface area contributed by atoms with Crippen molar-refractivity contribution in [1.82, 2.24) is 19.7 Å². The Morgan fingerprint density at radius 2 is 2.03 bits per heavy atom. The third kappa shape index (κ3) is 4.03. The lowest BCUT2D eigenvalue weighted by molar-refractivity contribution is -0.390. The SMILES string of the molecule is CC(C)(C)OC(=O)N1CCC(n2cc(-c3coc4c(O)c([N+](=O)[O-])ncc34)cn2)CC1. The van der Waals surface area contributed by atoms with Crippen molar-refractivity contribution >= 4 is 22.9 Å². The summed E-state index contributed by atoms with van der Waals surface area (Å²) < 4.78 is 12.6. The molecule has 0 radical (unpaired) electrons. The molecule has 0 unspecified atom stereocenters. The van der Waals surface area contributed by atoms with Gasteiger partial charge in [-0.1, -0.05) is 0 Å². The highest BCUT2D eigenvalue weighted by Crippen LogP contribution is 2.38. The van der Waals surface area contributed by atoms with E-state index in [1.54, 1.807) is 11.1 Å². The number of piperidine rings is 1. The van der Waals surface area contributed by atoms with Gasteiger partial charge in [-0.25, -0.2) is 4.79 Å². The first-order valence-electron chi connectivity index (χ1n) is 9.90. The molecule has 164 valence electrons. The zero-order chi connectivity index (χ0) is 22.3. The van der Waals surface area contributed by atoms with Crippen LogP contribution in [0.3, 0.4) is 0 Å². The number of furan rings is 1. The van der Waals surface area contributed by atoms with E-state index in [1.807, 2.05) is 31.6 Å². The fourth-order valence-corrected chi connectivity index (χ4v) is 3.64. The topological polar surface area (TPSA) is 137 Å². The molecule has 4 heterocycles. The number of carbonyl (C=O) groups is 1. The third-order valence-electron chi connectivity index (χ3n) is 5.15. The molecule has 11 heteroatoms. The molecular weight excluding hydrogens is 406 g/mol. The van der Waals surface area contributed by atoms with Gasteiger partial charge < -0.3 is 29.3 Å². The zero-order valence-corrected chi connectivity index (χ0v) is 17.4. The summed E-state index contributed by atoms with van der Waals surface area (Å²) in [6, 6.07) is 0.123. The first-order valence-corrected chi connectivity index (χ1v) is 9.90. The Hall–Kier alpha value is -3.63. The Bertz CT molecular complexity index is 1140. The van der Waals surface area contributed by atoms with Crippen molar-refractivity contribution in [3.05, 3.63) is 35.0 Å². The Morgan fingerprint density at radius 3 is 2.68 bits per heavy atom. The number of hydrogen-bond acceptors (Lipinski definition) is 8. The average Bonchev–Trinajstić information content (AvgIpc) is 3.34. The Labute approximate surface area is 177 Å². The molecule has 31 heavy (non-hydrogen) atoms. The van der Waals surface area contributed by atoms with Crippen LogP contribution in [0.25, 0.3) is 22.1 Å². The smallest absolute Gasteiger partial charge is 0.410 e. The van der Waals surface area contributed by atoms with E-state index in [9.17, 15) is 20.0 Å². The van der Waals surface area contributed by atoms with Crippen LogP contribution in [0.2, 0.25) is 0 Å². The molecule has 1 N–H and O–H groups in total. The highest BCUT2D eigenvalue weighted by atomic mass is 16.6. The van der Waals surface area contributed by atoms with Gasteiger partial charge in [0.1, 0.15) is 11.9 Å². The summed E-state index contributed by atoms with van der Waals surface area (Å²) in [5.74, 6) is -1.25. The van der Waals surface area contributed by atoms with Gasteiger partial charge in [0, 0.05) is 30.4 Å². The first kappa shape index (κ1) is 20.6. The van der Waals surface area contributed by atoms with Gasteiger partial charge >= 0.3 is 11.9 Å². The molecule has 11 nitrogen and oxygen atoms in total. The van der Waals surface area contributed by atoms with Crippen molar-refractivity contribution in [3.8, 4) is 16.9 Å². The van der Waals surface area contributed by atoms with Gasteiger partial charge in [0.25, 0.3) is 5.75 Å². The summed E-state index contributed by atoms with van der Waals surface area (Å²) in [6.45, 7) is 6.68. The number of rotatable bonds is 3. The van der Waals surface area contributed by atoms with Crippen molar-refractivity contribution in [2.24, 2.45) is 0 Å². The predicted octanol–water partition coefficient (Wildman–Crippen LogP) is 3.88. The number of aromatic nitrogens is 3. The van der Waals surface area contributed by atoms with Gasteiger partial charge in [0.2, 0.25) is 0 Å². The number of fused-ring (bicyclic) bond motifs is 1. The van der Waals surface area contributed by atoms with E-state index >= 15 is 0 Å². The normalized spacial score (nSPS) is 15.4. The van der Waals surface area contributed by atoms with Crippen LogP contribution < -0.4 is 0 Å². The van der Waals surface area contributed by atoms with Gasteiger partial charge in [0.05, 0.1) is 17.6 Å². The number of carbonyl (C=O) groups excluding carboxylic acids is 1. The molecule has 1 aliphatic rings. The molecule has 1 fully saturated rings. The summed E-state index contributed by atoms with van der Waals surface area (Å²) >= 11 is 0. The number of nitrogens with zero attached hydrogens (tertiary/aromatic N) is 5. The van der Waals surface area contributed by atoms with E-state index in [-0.39, 0.29) is 17.7 Å². The number of likely N-dealkylation sites (tertiary alicyclic amines) is 1. The molecule has 0 aliphatic carbocycles. The lowest BCUT2D eigenvalue weighted by atomic mass is 10.1. The van der Waals surface area contributed by atoms with Crippen molar-refractivity contribution in [1.29, 1.82) is 0 Å². The maximum absolute atomic E-state index is 12.2. The van der Waals surface area contributed by atoms with Crippen LogP contribution in [0.15, 0.2) is 29.3 Å². The summed E-state index contributed by atoms with van der Waals surface area (Å²) in [5, 5.41) is 25.9. The molecule has 0 saturated carbocycles. The minimum atomic E-state index is -0.765. The van der Waals surface area contributed by atoms with Crippen LogP contribution in [-0.2, 0) is 4.74 Å². The van der Waals surface area contributed by atoms with Crippen LogP contribution in [0.5, 0.6) is 5.75 Å². The lowest BCUT2D eigenvalue weighted by Gasteiger charge is -2.33. The van der Waals surface area contributed by atoms with Crippen molar-refractivity contribution < 1.29 is 24.0 Å². The molecule has 1 saturated heterocycles. The molecule has 0 bridgehead atoms. The largest absolute Gasteiger partial charge is 0.498 e. The fourth-order valence-electron chi connectivity index (χ4n) is 3.64. The quantitative estimate of drug-likeness (QED) is 0.489. The van der Waals surface area contributed by atoms with Crippen molar-refractivity contribution in [2.45, 2.75) is 45.3 Å². The molecule has 0 atom stereocenters. The molecule has 0 spiro atoms. The van der Waals surface area contributed by atoms with E-state index in [1.165, 1.54) is 12.5 Å². The Morgan fingerprint density at radius 1 is 1.32 bits per heavy atom. The van der Waals surface area contributed by atoms with E-state index in [4.69, 9.17) is 9.15 Å². The van der Waals surface area contributed by atoms with E-state index in [0.29, 0.717) is 24.0 Å². The van der Waals surface area contributed by atoms with E-state index in [2.05, 4.69) is 10.1 Å². The second kappa shape index (κ2) is 7.56. The minimum Gasteiger partial charge on any atom is -0.498 e. The second-order valence-corrected chi connectivity index (χ2v) is 8.49. The van der Waals surface area contributed by atoms with Crippen LogP contribution in [0.1, 0.15) is 39.7 Å². The van der Waals surface area contributed by atoms with Crippen molar-refractivity contribution in [2.75, 3.05) is 13.1 Å². The number of amides is 1. The standard InChI is InChI=1S/C20H23N5O6/c1-20(2,3)31-19(27)23-6-4-13(5-7-23)24-10-12(8-22-24)15-11-30-17-14(15)9-21-18(16(17)26)25(28)29/h8-11,13,26H,4-7H2,1-3H3. The van der Waals surface area contributed by atoms with Crippen LogP contribution in [0, 0.1) is 10.1 Å². The van der Waals surface area contributed by atoms with Gasteiger partial charge in [-0.3, -0.25) is 4.68 Å². The number of nitro groups is 1. The van der Waals surface area contributed by atoms with Gasteiger partial charge in [-0.2, -0.15) is 5.10 Å². The Kier molecular flexibility index (Phi) is 5.03. The molecule has 3 aromatic rings. The van der Waals surface area contributed by atoms with Crippen LogP contribution in [0.4, 0.5) is 10.6 Å². The second-order valence-electron chi connectivity index (χ2n) is 8.49. The predicted molar refractivity (Wildman–Crippen MR) is 110 cm³/mol. The first-order chi connectivity index (χ1) is 14.6. The monoisotopic (exact) mass is 429 g/mol. The van der Waals surface area contributed by atoms with Gasteiger partial charge in [-0.05, 0) is 43.5 Å². The molecule has 0 aromatic carbocycles. The minimum absolute atomic E-state index is 0.00937. The molecular formula is C20H23N5O6. The summed E-state index contributed by atoms with van der Waals surface area (Å²) in [7, 11) is 0. The molecule has 1 amide bonds. The van der Waals surface area contributed by atoms with Crippen LogP contribution >= 0.6 is 0 Å². The summed E-state index contributed by atoms with van der Waals surface area (Å²) in [6.07, 6.45) is 7.42. The molecule has 4 rings (SSSR count).